The summed E-state index contributed by atoms with van der Waals surface area (Å²) < 4.78 is 6.35. The Labute approximate surface area is 113 Å². The van der Waals surface area contributed by atoms with Crippen LogP contribution in [0, 0.1) is 6.92 Å². The molecule has 2 heterocycles. The predicted octanol–water partition coefficient (Wildman–Crippen LogP) is 3.59. The van der Waals surface area contributed by atoms with Crippen molar-refractivity contribution in [3.05, 3.63) is 58.0 Å². The van der Waals surface area contributed by atoms with Crippen LogP contribution in [0.15, 0.2) is 47.6 Å². The third kappa shape index (κ3) is 2.17. The van der Waals surface area contributed by atoms with Crippen LogP contribution in [0.4, 0.5) is 5.69 Å². The minimum absolute atomic E-state index is 0.686. The number of hydrogen-bond donors (Lipinski definition) is 0. The topological polar surface area (TPSA) is 29.7 Å². The number of fused-ring (bicyclic) bond motifs is 1. The van der Waals surface area contributed by atoms with Crippen LogP contribution < -0.4 is 4.80 Å². The van der Waals surface area contributed by atoms with Crippen molar-refractivity contribution in [3.8, 4) is 0 Å². The first kappa shape index (κ1) is 11.4. The molecular weight excluding hydrogens is 266 g/mol. The molecule has 0 saturated heterocycles. The number of rotatable bonds is 1. The molecule has 5 heteroatoms. The second-order valence-electron chi connectivity index (χ2n) is 3.99. The van der Waals surface area contributed by atoms with Gasteiger partial charge in [0.25, 0.3) is 0 Å². The highest BCUT2D eigenvalue weighted by molar-refractivity contribution is 7.03. The number of nitrogens with zero attached hydrogens (tertiary/aromatic N) is 3. The van der Waals surface area contributed by atoms with Crippen LogP contribution in [0.2, 0.25) is 5.02 Å². The number of aryl methyl sites for hydroxylation is 1. The Kier molecular flexibility index (Phi) is 2.89. The number of halogens is 1. The standard InChI is InChI=1S/C13H10ClN3S/c1-9-5-6-17-12(7-9)16-18-13(17)15-11-4-2-3-10(14)8-11/h2-8H,1H3. The van der Waals surface area contributed by atoms with Crippen LogP contribution in [0.25, 0.3) is 5.65 Å². The Bertz CT molecular complexity index is 773. The fourth-order valence-corrected chi connectivity index (χ4v) is 2.57. The van der Waals surface area contributed by atoms with Gasteiger partial charge < -0.3 is 0 Å². The lowest BCUT2D eigenvalue weighted by atomic mass is 10.3. The van der Waals surface area contributed by atoms with Gasteiger partial charge in [0.1, 0.15) is 0 Å². The van der Waals surface area contributed by atoms with E-state index in [0.717, 1.165) is 16.1 Å². The molecule has 3 rings (SSSR count). The maximum Gasteiger partial charge on any atom is 0.213 e. The van der Waals surface area contributed by atoms with Gasteiger partial charge in [-0.25, -0.2) is 4.99 Å². The molecule has 3 aromatic rings. The van der Waals surface area contributed by atoms with E-state index in [1.165, 1.54) is 17.1 Å². The average molecular weight is 276 g/mol. The van der Waals surface area contributed by atoms with Crippen LogP contribution >= 0.6 is 23.1 Å². The van der Waals surface area contributed by atoms with Gasteiger partial charge in [0, 0.05) is 22.8 Å². The third-order valence-electron chi connectivity index (χ3n) is 2.55. The third-order valence-corrected chi connectivity index (χ3v) is 3.51. The fraction of sp³-hybridized carbons (Fsp3) is 0.0769. The molecular formula is C13H10ClN3S. The normalized spacial score (nSPS) is 12.2. The van der Waals surface area contributed by atoms with Crippen molar-refractivity contribution in [1.29, 1.82) is 0 Å². The van der Waals surface area contributed by atoms with E-state index in [-0.39, 0.29) is 0 Å². The Morgan fingerprint density at radius 1 is 1.28 bits per heavy atom. The van der Waals surface area contributed by atoms with Crippen LogP contribution in [0.5, 0.6) is 0 Å². The van der Waals surface area contributed by atoms with Crippen LogP contribution in [0.1, 0.15) is 5.56 Å². The van der Waals surface area contributed by atoms with Crippen LogP contribution in [-0.2, 0) is 0 Å². The molecule has 0 spiro atoms. The van der Waals surface area contributed by atoms with Crippen molar-refractivity contribution in [2.75, 3.05) is 0 Å². The van der Waals surface area contributed by atoms with Gasteiger partial charge in [-0.15, -0.1) is 0 Å². The summed E-state index contributed by atoms with van der Waals surface area (Å²) in [6.45, 7) is 2.05. The zero-order chi connectivity index (χ0) is 12.5. The summed E-state index contributed by atoms with van der Waals surface area (Å²) in [6, 6.07) is 11.6. The number of hydrogen-bond acceptors (Lipinski definition) is 3. The maximum absolute atomic E-state index is 5.94. The molecule has 0 radical (unpaired) electrons. The molecule has 0 amide bonds. The molecule has 0 aliphatic rings. The van der Waals surface area contributed by atoms with Gasteiger partial charge in [-0.2, -0.15) is 4.37 Å². The van der Waals surface area contributed by atoms with E-state index in [1.807, 2.05) is 53.9 Å². The molecule has 0 atom stereocenters. The van der Waals surface area contributed by atoms with Gasteiger partial charge in [0.15, 0.2) is 5.65 Å². The molecule has 1 aromatic carbocycles. The van der Waals surface area contributed by atoms with Crippen molar-refractivity contribution in [1.82, 2.24) is 8.77 Å². The first-order chi connectivity index (χ1) is 8.72. The highest BCUT2D eigenvalue weighted by Gasteiger charge is 1.99. The van der Waals surface area contributed by atoms with Gasteiger partial charge >= 0.3 is 0 Å². The number of benzene rings is 1. The lowest BCUT2D eigenvalue weighted by Crippen LogP contribution is -2.05. The van der Waals surface area contributed by atoms with Gasteiger partial charge in [0.05, 0.1) is 5.69 Å². The highest BCUT2D eigenvalue weighted by atomic mass is 35.5. The SMILES string of the molecule is Cc1ccn2c(=Nc3cccc(Cl)c3)snc2c1. The monoisotopic (exact) mass is 275 g/mol. The van der Waals surface area contributed by atoms with E-state index in [1.54, 1.807) is 0 Å². The largest absolute Gasteiger partial charge is 0.275 e. The quantitative estimate of drug-likeness (QED) is 0.667. The second-order valence-corrected chi connectivity index (χ2v) is 5.16. The smallest absolute Gasteiger partial charge is 0.213 e. The van der Waals surface area contributed by atoms with Crippen molar-refractivity contribution in [3.63, 3.8) is 0 Å². The molecule has 3 nitrogen and oxygen atoms in total. The van der Waals surface area contributed by atoms with Crippen molar-refractivity contribution < 1.29 is 0 Å². The maximum atomic E-state index is 5.94. The van der Waals surface area contributed by atoms with Crippen molar-refractivity contribution >= 4 is 34.5 Å². The van der Waals surface area contributed by atoms with Gasteiger partial charge in [-0.3, -0.25) is 4.40 Å². The Balaban J connectivity index is 2.20. The number of aromatic nitrogens is 2. The van der Waals surface area contributed by atoms with Crippen molar-refractivity contribution in [2.45, 2.75) is 6.92 Å². The molecule has 0 bridgehead atoms. The Hall–Kier alpha value is -1.65. The zero-order valence-corrected chi connectivity index (χ0v) is 11.2. The molecule has 0 aliphatic carbocycles. The predicted molar refractivity (Wildman–Crippen MR) is 74.5 cm³/mol. The molecule has 90 valence electrons. The summed E-state index contributed by atoms with van der Waals surface area (Å²) in [5.74, 6) is 0. The fourth-order valence-electron chi connectivity index (χ4n) is 1.68. The van der Waals surface area contributed by atoms with E-state index in [2.05, 4.69) is 9.37 Å². The minimum Gasteiger partial charge on any atom is -0.275 e. The summed E-state index contributed by atoms with van der Waals surface area (Å²) in [7, 11) is 0. The summed E-state index contributed by atoms with van der Waals surface area (Å²) in [5.41, 5.74) is 2.94. The van der Waals surface area contributed by atoms with Gasteiger partial charge in [-0.05, 0) is 42.8 Å². The summed E-state index contributed by atoms with van der Waals surface area (Å²) >= 11 is 7.32. The first-order valence-corrected chi connectivity index (χ1v) is 6.62. The summed E-state index contributed by atoms with van der Waals surface area (Å²) in [5, 5.41) is 0.686. The lowest BCUT2D eigenvalue weighted by molar-refractivity contribution is 1.08. The minimum atomic E-state index is 0.686. The molecule has 0 saturated carbocycles. The van der Waals surface area contributed by atoms with E-state index in [9.17, 15) is 0 Å². The van der Waals surface area contributed by atoms with E-state index < -0.39 is 0 Å². The lowest BCUT2D eigenvalue weighted by Gasteiger charge is -1.95. The van der Waals surface area contributed by atoms with Crippen molar-refractivity contribution in [2.24, 2.45) is 4.99 Å². The summed E-state index contributed by atoms with van der Waals surface area (Å²) in [4.78, 5) is 5.39. The van der Waals surface area contributed by atoms with E-state index in [0.29, 0.717) is 5.02 Å². The molecule has 0 N–H and O–H groups in total. The average Bonchev–Trinajstić information content (AvgIpc) is 2.72. The molecule has 18 heavy (non-hydrogen) atoms. The molecule has 0 unspecified atom stereocenters. The van der Waals surface area contributed by atoms with Gasteiger partial charge in [0.2, 0.25) is 4.80 Å². The molecule has 0 fully saturated rings. The second kappa shape index (κ2) is 4.55. The van der Waals surface area contributed by atoms with E-state index in [4.69, 9.17) is 11.6 Å². The first-order valence-electron chi connectivity index (χ1n) is 5.47. The zero-order valence-electron chi connectivity index (χ0n) is 9.67. The Morgan fingerprint density at radius 3 is 3.00 bits per heavy atom. The van der Waals surface area contributed by atoms with E-state index >= 15 is 0 Å². The summed E-state index contributed by atoms with van der Waals surface area (Å²) in [6.07, 6.45) is 1.98. The highest BCUT2D eigenvalue weighted by Crippen LogP contribution is 2.17. The van der Waals surface area contributed by atoms with Crippen LogP contribution in [0.3, 0.4) is 0 Å². The molecule has 2 aromatic heterocycles. The number of pyridine rings is 1. The van der Waals surface area contributed by atoms with Crippen LogP contribution in [-0.4, -0.2) is 8.77 Å². The Morgan fingerprint density at radius 2 is 2.17 bits per heavy atom. The molecule has 0 aliphatic heterocycles. The van der Waals surface area contributed by atoms with Gasteiger partial charge in [-0.1, -0.05) is 17.7 Å².